The molecule has 0 aliphatic carbocycles. The van der Waals surface area contributed by atoms with Crippen LogP contribution in [0, 0.1) is 0 Å². The maximum Gasteiger partial charge on any atom is 0.241 e. The molecule has 0 radical (unpaired) electrons. The van der Waals surface area contributed by atoms with Gasteiger partial charge in [0.2, 0.25) is 21.8 Å². The molecule has 0 bridgehead atoms. The summed E-state index contributed by atoms with van der Waals surface area (Å²) in [7, 11) is -2.14. The molecule has 1 heterocycles. The highest BCUT2D eigenvalue weighted by atomic mass is 32.2. The molecule has 1 aliphatic heterocycles. The summed E-state index contributed by atoms with van der Waals surface area (Å²) < 4.78 is 27.3. The molecule has 2 amide bonds. The maximum atomic E-state index is 12.5. The average Bonchev–Trinajstić information content (AvgIpc) is 2.49. The van der Waals surface area contributed by atoms with Crippen molar-refractivity contribution in [3.63, 3.8) is 0 Å². The Morgan fingerprint density at radius 3 is 2.56 bits per heavy atom. The Balaban J connectivity index is 2.29. The summed E-state index contributed by atoms with van der Waals surface area (Å²) >= 11 is 0. The second kappa shape index (κ2) is 6.76. The first-order valence-electron chi connectivity index (χ1n) is 8.14. The molecule has 0 fully saturated rings. The number of fused-ring (bicyclic) bond motifs is 1. The first-order chi connectivity index (χ1) is 11.4. The molecule has 8 heteroatoms. The molecule has 2 rings (SSSR count). The molecule has 0 saturated carbocycles. The van der Waals surface area contributed by atoms with Crippen LogP contribution in [0.25, 0.3) is 0 Å². The summed E-state index contributed by atoms with van der Waals surface area (Å²) in [5.41, 5.74) is 1.04. The molecular formula is C17H25N3O4S. The molecular weight excluding hydrogens is 342 g/mol. The standard InChI is InChI=1S/C17H25N3O4S/c1-11(2)19-15(21)10-18-25(23,24)12-6-7-14-13(8-12)17(3,4)9-16(22)20(14)5/h6-8,11,18H,9-10H2,1-5H3,(H,19,21). The monoisotopic (exact) mass is 367 g/mol. The van der Waals surface area contributed by atoms with Crippen molar-refractivity contribution < 1.29 is 18.0 Å². The maximum absolute atomic E-state index is 12.5. The minimum Gasteiger partial charge on any atom is -0.353 e. The van der Waals surface area contributed by atoms with E-state index in [-0.39, 0.29) is 29.3 Å². The van der Waals surface area contributed by atoms with E-state index in [1.807, 2.05) is 13.8 Å². The summed E-state index contributed by atoms with van der Waals surface area (Å²) in [6, 6.07) is 4.61. The lowest BCUT2D eigenvalue weighted by atomic mass is 9.77. The van der Waals surface area contributed by atoms with Crippen LogP contribution in [0.1, 0.15) is 39.7 Å². The van der Waals surface area contributed by atoms with Gasteiger partial charge in [0.25, 0.3) is 0 Å². The molecule has 0 unspecified atom stereocenters. The second-order valence-corrected chi connectivity index (χ2v) is 9.01. The molecule has 1 aromatic rings. The van der Waals surface area contributed by atoms with Crippen LogP contribution in [0.3, 0.4) is 0 Å². The van der Waals surface area contributed by atoms with E-state index in [0.717, 1.165) is 5.56 Å². The largest absolute Gasteiger partial charge is 0.353 e. The normalized spacial score (nSPS) is 16.7. The Morgan fingerprint density at radius 2 is 1.96 bits per heavy atom. The number of nitrogens with one attached hydrogen (secondary N) is 2. The van der Waals surface area contributed by atoms with Crippen LogP contribution < -0.4 is 14.9 Å². The number of sulfonamides is 1. The molecule has 0 spiro atoms. The molecule has 7 nitrogen and oxygen atoms in total. The van der Waals surface area contributed by atoms with E-state index >= 15 is 0 Å². The van der Waals surface area contributed by atoms with Gasteiger partial charge in [-0.05, 0) is 37.6 Å². The second-order valence-electron chi connectivity index (χ2n) is 7.24. The lowest BCUT2D eigenvalue weighted by Gasteiger charge is -2.37. The number of carbonyl (C=O) groups excluding carboxylic acids is 2. The van der Waals surface area contributed by atoms with Gasteiger partial charge in [0.15, 0.2) is 0 Å². The zero-order valence-corrected chi connectivity index (χ0v) is 16.0. The highest BCUT2D eigenvalue weighted by Crippen LogP contribution is 2.40. The molecule has 0 aromatic heterocycles. The third-order valence-electron chi connectivity index (χ3n) is 4.21. The smallest absolute Gasteiger partial charge is 0.241 e. The van der Waals surface area contributed by atoms with E-state index in [1.165, 1.54) is 6.07 Å². The van der Waals surface area contributed by atoms with Crippen LogP contribution in [0.5, 0.6) is 0 Å². The quantitative estimate of drug-likeness (QED) is 0.816. The highest BCUT2D eigenvalue weighted by Gasteiger charge is 2.36. The molecule has 0 atom stereocenters. The number of anilines is 1. The fourth-order valence-electron chi connectivity index (χ4n) is 2.86. The third kappa shape index (κ3) is 4.19. The Kier molecular flexibility index (Phi) is 5.24. The molecule has 1 aromatic carbocycles. The van der Waals surface area contributed by atoms with Crippen LogP contribution in [0.4, 0.5) is 5.69 Å². The van der Waals surface area contributed by atoms with Crippen LogP contribution in [-0.4, -0.2) is 39.9 Å². The van der Waals surface area contributed by atoms with Crippen LogP contribution >= 0.6 is 0 Å². The van der Waals surface area contributed by atoms with Crippen molar-refractivity contribution >= 4 is 27.5 Å². The Labute approximate surface area is 148 Å². The van der Waals surface area contributed by atoms with E-state index in [1.54, 1.807) is 37.9 Å². The number of hydrogen-bond donors (Lipinski definition) is 2. The summed E-state index contributed by atoms with van der Waals surface area (Å²) in [4.78, 5) is 25.4. The number of nitrogens with zero attached hydrogens (tertiary/aromatic N) is 1. The minimum atomic E-state index is -3.82. The zero-order valence-electron chi connectivity index (χ0n) is 15.2. The van der Waals surface area contributed by atoms with Crippen LogP contribution in [0.15, 0.2) is 23.1 Å². The van der Waals surface area contributed by atoms with Gasteiger partial charge in [-0.3, -0.25) is 9.59 Å². The predicted molar refractivity (Wildman–Crippen MR) is 96.0 cm³/mol. The first kappa shape index (κ1) is 19.4. The van der Waals surface area contributed by atoms with Crippen LogP contribution in [0.2, 0.25) is 0 Å². The molecule has 25 heavy (non-hydrogen) atoms. The van der Waals surface area contributed by atoms with Gasteiger partial charge in [0.1, 0.15) is 0 Å². The average molecular weight is 367 g/mol. The molecule has 0 saturated heterocycles. The van der Waals surface area contributed by atoms with Gasteiger partial charge in [0, 0.05) is 30.6 Å². The van der Waals surface area contributed by atoms with Gasteiger partial charge in [-0.15, -0.1) is 0 Å². The summed E-state index contributed by atoms with van der Waals surface area (Å²) in [5, 5.41) is 2.63. The van der Waals surface area contributed by atoms with Gasteiger partial charge in [0.05, 0.1) is 11.4 Å². The Bertz CT molecular complexity index is 800. The lowest BCUT2D eigenvalue weighted by molar-refractivity contribution is -0.121. The Morgan fingerprint density at radius 1 is 1.32 bits per heavy atom. The number of hydrogen-bond acceptors (Lipinski definition) is 4. The van der Waals surface area contributed by atoms with Gasteiger partial charge in [-0.1, -0.05) is 13.8 Å². The number of benzene rings is 1. The van der Waals surface area contributed by atoms with Crippen molar-refractivity contribution in [1.82, 2.24) is 10.0 Å². The third-order valence-corrected chi connectivity index (χ3v) is 5.61. The van der Waals surface area contributed by atoms with Gasteiger partial charge < -0.3 is 10.2 Å². The van der Waals surface area contributed by atoms with E-state index in [4.69, 9.17) is 0 Å². The van der Waals surface area contributed by atoms with E-state index in [0.29, 0.717) is 12.1 Å². The fraction of sp³-hybridized carbons (Fsp3) is 0.529. The number of amides is 2. The zero-order chi connectivity index (χ0) is 19.0. The SMILES string of the molecule is CC(C)NC(=O)CNS(=O)(=O)c1ccc2c(c1)C(C)(C)CC(=O)N2C. The minimum absolute atomic E-state index is 0.00316. The van der Waals surface area contributed by atoms with Crippen LogP contribution in [-0.2, 0) is 25.0 Å². The highest BCUT2D eigenvalue weighted by molar-refractivity contribution is 7.89. The van der Waals surface area contributed by atoms with Gasteiger partial charge in [-0.2, -0.15) is 0 Å². The van der Waals surface area contributed by atoms with Gasteiger partial charge in [-0.25, -0.2) is 13.1 Å². The Hall–Kier alpha value is -1.93. The van der Waals surface area contributed by atoms with Gasteiger partial charge >= 0.3 is 0 Å². The number of carbonyl (C=O) groups is 2. The van der Waals surface area contributed by atoms with Crippen molar-refractivity contribution in [2.24, 2.45) is 0 Å². The van der Waals surface area contributed by atoms with Crippen molar-refractivity contribution in [2.75, 3.05) is 18.5 Å². The molecule has 138 valence electrons. The fourth-order valence-corrected chi connectivity index (χ4v) is 3.87. The van der Waals surface area contributed by atoms with E-state index in [2.05, 4.69) is 10.0 Å². The van der Waals surface area contributed by atoms with Crippen molar-refractivity contribution in [3.8, 4) is 0 Å². The first-order valence-corrected chi connectivity index (χ1v) is 9.62. The van der Waals surface area contributed by atoms with Crippen molar-refractivity contribution in [3.05, 3.63) is 23.8 Å². The van der Waals surface area contributed by atoms with Crippen molar-refractivity contribution in [1.29, 1.82) is 0 Å². The van der Waals surface area contributed by atoms with E-state index < -0.39 is 15.4 Å². The van der Waals surface area contributed by atoms with E-state index in [9.17, 15) is 18.0 Å². The molecule has 2 N–H and O–H groups in total. The summed E-state index contributed by atoms with van der Waals surface area (Å²) in [6.07, 6.45) is 0.310. The lowest BCUT2D eigenvalue weighted by Crippen LogP contribution is -2.41. The summed E-state index contributed by atoms with van der Waals surface area (Å²) in [6.45, 7) is 7.11. The molecule has 1 aliphatic rings. The number of rotatable bonds is 5. The topological polar surface area (TPSA) is 95.6 Å². The van der Waals surface area contributed by atoms with Crippen molar-refractivity contribution in [2.45, 2.75) is 50.5 Å². The summed E-state index contributed by atoms with van der Waals surface area (Å²) in [5.74, 6) is -0.390. The predicted octanol–water partition coefficient (Wildman–Crippen LogP) is 1.13.